The van der Waals surface area contributed by atoms with Gasteiger partial charge in [-0.2, -0.15) is 0 Å². The highest BCUT2D eigenvalue weighted by Crippen LogP contribution is 2.28. The summed E-state index contributed by atoms with van der Waals surface area (Å²) in [5, 5.41) is 4.54. The number of benzene rings is 1. The van der Waals surface area contributed by atoms with Gasteiger partial charge in [0.15, 0.2) is 0 Å². The molecule has 136 valence electrons. The maximum Gasteiger partial charge on any atom is 0.341 e. The molecule has 0 aliphatic heterocycles. The number of aryl methyl sites for hydroxylation is 1. The van der Waals surface area contributed by atoms with Gasteiger partial charge in [-0.25, -0.2) is 4.79 Å². The maximum absolute atomic E-state index is 12.4. The van der Waals surface area contributed by atoms with Crippen molar-refractivity contribution in [3.8, 4) is 0 Å². The molecule has 0 atom stereocenters. The van der Waals surface area contributed by atoms with Crippen molar-refractivity contribution >= 4 is 22.6 Å². The van der Waals surface area contributed by atoms with Crippen LogP contribution in [0.25, 0.3) is 10.9 Å². The number of carbonyl (C=O) groups excluding carboxylic acids is 1. The van der Waals surface area contributed by atoms with Crippen LogP contribution in [0.4, 0.5) is 5.69 Å². The van der Waals surface area contributed by atoms with Gasteiger partial charge >= 0.3 is 5.97 Å². The van der Waals surface area contributed by atoms with Crippen LogP contribution in [0.1, 0.15) is 62.4 Å². The summed E-state index contributed by atoms with van der Waals surface area (Å²) < 4.78 is 5.23. The minimum Gasteiger partial charge on any atom is -0.462 e. The first-order valence-corrected chi connectivity index (χ1v) is 9.41. The van der Waals surface area contributed by atoms with E-state index in [9.17, 15) is 4.79 Å². The normalized spacial score (nSPS) is 11.1. The second-order valence-electron chi connectivity index (χ2n) is 6.61. The summed E-state index contributed by atoms with van der Waals surface area (Å²) in [7, 11) is 0. The molecule has 0 fully saturated rings. The molecule has 0 unspecified atom stereocenters. The Morgan fingerprint density at radius 2 is 1.92 bits per heavy atom. The Labute approximate surface area is 151 Å². The third kappa shape index (κ3) is 4.94. The zero-order valence-electron chi connectivity index (χ0n) is 15.9. The summed E-state index contributed by atoms with van der Waals surface area (Å²) in [6, 6.07) is 6.13. The second kappa shape index (κ2) is 9.40. The number of aromatic nitrogens is 1. The molecule has 4 heteroatoms. The molecule has 1 heterocycles. The van der Waals surface area contributed by atoms with Crippen molar-refractivity contribution < 1.29 is 9.53 Å². The fourth-order valence-corrected chi connectivity index (χ4v) is 3.27. The Hall–Kier alpha value is -2.10. The van der Waals surface area contributed by atoms with Crippen molar-refractivity contribution in [3.63, 3.8) is 0 Å². The van der Waals surface area contributed by atoms with E-state index < -0.39 is 0 Å². The lowest BCUT2D eigenvalue weighted by Crippen LogP contribution is -2.17. The molecule has 0 saturated carbocycles. The van der Waals surface area contributed by atoms with Crippen LogP contribution in [0.2, 0.25) is 0 Å². The molecule has 0 saturated heterocycles. The van der Waals surface area contributed by atoms with Crippen LogP contribution in [0.3, 0.4) is 0 Å². The quantitative estimate of drug-likeness (QED) is 0.624. The molecular formula is C21H30N2O2. The summed E-state index contributed by atoms with van der Waals surface area (Å²) >= 11 is 0. The standard InChI is InChI=1S/C21H30N2O2/c1-5-8-16(9-6-2)13-23-20-17-12-15(4)10-11-19(17)22-14-18(20)21(24)25-7-3/h10-12,14,16H,5-9,13H2,1-4H3,(H,22,23). The van der Waals surface area contributed by atoms with E-state index in [1.165, 1.54) is 25.7 Å². The van der Waals surface area contributed by atoms with Crippen molar-refractivity contribution in [3.05, 3.63) is 35.5 Å². The lowest BCUT2D eigenvalue weighted by molar-refractivity contribution is 0.0527. The highest BCUT2D eigenvalue weighted by molar-refractivity contribution is 6.05. The van der Waals surface area contributed by atoms with Gasteiger partial charge in [0.2, 0.25) is 0 Å². The smallest absolute Gasteiger partial charge is 0.341 e. The summed E-state index contributed by atoms with van der Waals surface area (Å²) in [6.45, 7) is 9.54. The number of hydrogen-bond acceptors (Lipinski definition) is 4. The van der Waals surface area contributed by atoms with Gasteiger partial charge in [-0.3, -0.25) is 4.98 Å². The zero-order valence-corrected chi connectivity index (χ0v) is 15.9. The van der Waals surface area contributed by atoms with Crippen molar-refractivity contribution in [2.75, 3.05) is 18.5 Å². The Morgan fingerprint density at radius 3 is 2.56 bits per heavy atom. The molecule has 2 rings (SSSR count). The number of pyridine rings is 1. The van der Waals surface area contributed by atoms with E-state index in [1.54, 1.807) is 6.20 Å². The molecule has 1 aromatic heterocycles. The second-order valence-corrected chi connectivity index (χ2v) is 6.61. The van der Waals surface area contributed by atoms with Gasteiger partial charge in [-0.05, 0) is 44.7 Å². The van der Waals surface area contributed by atoms with E-state index in [2.05, 4.69) is 37.1 Å². The van der Waals surface area contributed by atoms with Crippen LogP contribution in [-0.2, 0) is 4.74 Å². The Bertz CT molecular complexity index is 706. The van der Waals surface area contributed by atoms with Gasteiger partial charge < -0.3 is 10.1 Å². The Morgan fingerprint density at radius 1 is 1.20 bits per heavy atom. The average Bonchev–Trinajstić information content (AvgIpc) is 2.59. The number of anilines is 1. The first-order chi connectivity index (χ1) is 12.1. The number of rotatable bonds is 9. The van der Waals surface area contributed by atoms with E-state index in [-0.39, 0.29) is 5.97 Å². The van der Waals surface area contributed by atoms with Crippen LogP contribution in [0, 0.1) is 12.8 Å². The van der Waals surface area contributed by atoms with Crippen molar-refractivity contribution in [1.82, 2.24) is 4.98 Å². The van der Waals surface area contributed by atoms with E-state index >= 15 is 0 Å². The van der Waals surface area contributed by atoms with Crippen molar-refractivity contribution in [2.45, 2.75) is 53.4 Å². The van der Waals surface area contributed by atoms with Crippen LogP contribution in [0.5, 0.6) is 0 Å². The SMILES string of the molecule is CCCC(CCC)CNc1c(C(=O)OCC)cnc2ccc(C)cc12. The van der Waals surface area contributed by atoms with Crippen LogP contribution < -0.4 is 5.32 Å². The van der Waals surface area contributed by atoms with Gasteiger partial charge in [0.25, 0.3) is 0 Å². The minimum absolute atomic E-state index is 0.316. The first-order valence-electron chi connectivity index (χ1n) is 9.41. The van der Waals surface area contributed by atoms with E-state index in [4.69, 9.17) is 4.74 Å². The molecule has 0 radical (unpaired) electrons. The average molecular weight is 342 g/mol. The van der Waals surface area contributed by atoms with Crippen LogP contribution in [-0.4, -0.2) is 24.1 Å². The number of fused-ring (bicyclic) bond motifs is 1. The number of hydrogen-bond donors (Lipinski definition) is 1. The van der Waals surface area contributed by atoms with Crippen molar-refractivity contribution in [1.29, 1.82) is 0 Å². The summed E-state index contributed by atoms with van der Waals surface area (Å²) in [5.41, 5.74) is 3.41. The Balaban J connectivity index is 2.40. The molecule has 1 aromatic carbocycles. The minimum atomic E-state index is -0.316. The number of ether oxygens (including phenoxy) is 1. The molecule has 0 aliphatic rings. The summed E-state index contributed by atoms with van der Waals surface area (Å²) in [5.74, 6) is 0.293. The topological polar surface area (TPSA) is 51.2 Å². The highest BCUT2D eigenvalue weighted by atomic mass is 16.5. The number of esters is 1. The maximum atomic E-state index is 12.4. The van der Waals surface area contributed by atoms with E-state index in [1.807, 2.05) is 19.1 Å². The predicted molar refractivity (Wildman–Crippen MR) is 104 cm³/mol. The lowest BCUT2D eigenvalue weighted by atomic mass is 9.97. The molecule has 0 spiro atoms. The van der Waals surface area contributed by atoms with Gasteiger partial charge in [0.1, 0.15) is 5.56 Å². The van der Waals surface area contributed by atoms with E-state index in [0.717, 1.165) is 28.7 Å². The van der Waals surface area contributed by atoms with Gasteiger partial charge in [0.05, 0.1) is 17.8 Å². The molecule has 4 nitrogen and oxygen atoms in total. The van der Waals surface area contributed by atoms with Crippen molar-refractivity contribution in [2.24, 2.45) is 5.92 Å². The highest BCUT2D eigenvalue weighted by Gasteiger charge is 2.18. The molecule has 0 bridgehead atoms. The third-order valence-electron chi connectivity index (χ3n) is 4.48. The van der Waals surface area contributed by atoms with Gasteiger partial charge in [-0.15, -0.1) is 0 Å². The summed E-state index contributed by atoms with van der Waals surface area (Å²) in [4.78, 5) is 16.8. The number of nitrogens with zero attached hydrogens (tertiary/aromatic N) is 1. The first kappa shape index (κ1) is 19.2. The third-order valence-corrected chi connectivity index (χ3v) is 4.48. The fraction of sp³-hybridized carbons (Fsp3) is 0.524. The molecule has 0 aliphatic carbocycles. The predicted octanol–water partition coefficient (Wildman–Crippen LogP) is 5.35. The Kier molecular flexibility index (Phi) is 7.23. The fourth-order valence-electron chi connectivity index (χ4n) is 3.27. The molecule has 25 heavy (non-hydrogen) atoms. The molecule has 1 N–H and O–H groups in total. The number of nitrogens with one attached hydrogen (secondary N) is 1. The number of carbonyl (C=O) groups is 1. The van der Waals surface area contributed by atoms with Gasteiger partial charge in [-0.1, -0.05) is 38.3 Å². The zero-order chi connectivity index (χ0) is 18.2. The largest absolute Gasteiger partial charge is 0.462 e. The molecule has 2 aromatic rings. The lowest BCUT2D eigenvalue weighted by Gasteiger charge is -2.19. The van der Waals surface area contributed by atoms with Crippen LogP contribution in [0.15, 0.2) is 24.4 Å². The molecular weight excluding hydrogens is 312 g/mol. The monoisotopic (exact) mass is 342 g/mol. The van der Waals surface area contributed by atoms with E-state index in [0.29, 0.717) is 18.1 Å². The molecule has 0 amide bonds. The van der Waals surface area contributed by atoms with Gasteiger partial charge in [0, 0.05) is 18.1 Å². The summed E-state index contributed by atoms with van der Waals surface area (Å²) in [6.07, 6.45) is 6.36. The van der Waals surface area contributed by atoms with Crippen LogP contribution >= 0.6 is 0 Å².